The molecule has 14 nitrogen and oxygen atoms in total. The molecule has 0 aromatic carbocycles. The Balaban J connectivity index is 1.42. The molecule has 0 amide bonds. The molecule has 0 saturated carbocycles. The Kier molecular flexibility index (Phi) is 23.7. The largest absolute Gasteiger partial charge is 0.466 e. The number of rotatable bonds is 31. The molecule has 1 N–H and O–H groups in total. The van der Waals surface area contributed by atoms with E-state index in [-0.39, 0.29) is 36.5 Å². The number of aromatic nitrogens is 4. The lowest BCUT2D eigenvalue weighted by atomic mass is 10.1. The molecule has 0 aliphatic heterocycles. The molecule has 0 aliphatic carbocycles. The van der Waals surface area contributed by atoms with Gasteiger partial charge in [0.2, 0.25) is 12.7 Å². The van der Waals surface area contributed by atoms with E-state index in [1.165, 1.54) is 0 Å². The quantitative estimate of drug-likeness (QED) is 0.0517. The number of aryl methyl sites for hydroxylation is 2. The zero-order valence-corrected chi connectivity index (χ0v) is 31.8. The van der Waals surface area contributed by atoms with Gasteiger partial charge in [-0.3, -0.25) is 9.59 Å². The van der Waals surface area contributed by atoms with E-state index in [1.54, 1.807) is 7.11 Å². The molecule has 2 aromatic rings. The first-order chi connectivity index (χ1) is 25.2. The molecule has 0 radical (unpaired) electrons. The van der Waals surface area contributed by atoms with Crippen LogP contribution in [-0.2, 0) is 57.0 Å². The fraction of sp³-hybridized carbons (Fsp3) is 0.737. The number of hydrogen-bond acceptors (Lipinski definition) is 10. The lowest BCUT2D eigenvalue weighted by molar-refractivity contribution is -0.671. The highest BCUT2D eigenvalue weighted by atomic mass is 16.5. The number of aliphatic hydroxyl groups excluding tert-OH is 1. The van der Waals surface area contributed by atoms with Gasteiger partial charge in [0.25, 0.3) is 0 Å². The molecule has 2 rings (SSSR count). The smallest absolute Gasteiger partial charge is 0.351 e. The minimum absolute atomic E-state index is 0.0974. The summed E-state index contributed by atoms with van der Waals surface area (Å²) in [5.74, 6) is -1.000. The molecule has 2 heterocycles. The number of ether oxygens (including phenoxy) is 5. The maximum atomic E-state index is 12.8. The van der Waals surface area contributed by atoms with Gasteiger partial charge in [0.1, 0.15) is 24.8 Å². The third-order valence-electron chi connectivity index (χ3n) is 8.66. The van der Waals surface area contributed by atoms with E-state index in [1.807, 2.05) is 69.8 Å². The second kappa shape index (κ2) is 27.8. The summed E-state index contributed by atoms with van der Waals surface area (Å²) in [7, 11) is 5.47. The van der Waals surface area contributed by atoms with E-state index in [0.717, 1.165) is 38.5 Å². The SMILES string of the molecule is COCCCCC(C(=O)OCCCCCC(=O)OCCCCCOC(=O)CCCCCOC(=O)C(CCCCO)n1cc[n+](C)c1)n1cc[n+](C)c1. The monoisotopic (exact) mass is 736 g/mol. The molecule has 14 heteroatoms. The predicted molar refractivity (Wildman–Crippen MR) is 191 cm³/mol. The van der Waals surface area contributed by atoms with Crippen LogP contribution in [0.4, 0.5) is 0 Å². The second-order valence-electron chi connectivity index (χ2n) is 13.3. The van der Waals surface area contributed by atoms with Crippen LogP contribution in [0, 0.1) is 0 Å². The van der Waals surface area contributed by atoms with Gasteiger partial charge in [-0.15, -0.1) is 0 Å². The number of aliphatic hydroxyl groups is 1. The van der Waals surface area contributed by atoms with Crippen LogP contribution >= 0.6 is 0 Å². The van der Waals surface area contributed by atoms with Crippen LogP contribution in [0.5, 0.6) is 0 Å². The highest BCUT2D eigenvalue weighted by molar-refractivity contribution is 5.74. The van der Waals surface area contributed by atoms with E-state index in [0.29, 0.717) is 104 Å². The van der Waals surface area contributed by atoms with Crippen LogP contribution in [0.3, 0.4) is 0 Å². The fourth-order valence-electron chi connectivity index (χ4n) is 5.65. The molecular weight excluding hydrogens is 672 g/mol. The summed E-state index contributed by atoms with van der Waals surface area (Å²) in [6, 6.07) is -0.785. The summed E-state index contributed by atoms with van der Waals surface area (Å²) in [5.41, 5.74) is 0. The second-order valence-corrected chi connectivity index (χ2v) is 13.3. The lowest BCUT2D eigenvalue weighted by Crippen LogP contribution is -2.27. The van der Waals surface area contributed by atoms with Crippen molar-refractivity contribution in [2.45, 2.75) is 121 Å². The highest BCUT2D eigenvalue weighted by Gasteiger charge is 2.27. The van der Waals surface area contributed by atoms with E-state index in [9.17, 15) is 19.2 Å². The number of hydrogen-bond donors (Lipinski definition) is 1. The van der Waals surface area contributed by atoms with Gasteiger partial charge in [0.15, 0.2) is 12.1 Å². The molecule has 294 valence electrons. The van der Waals surface area contributed by atoms with Crippen molar-refractivity contribution in [2.24, 2.45) is 14.1 Å². The van der Waals surface area contributed by atoms with Crippen molar-refractivity contribution < 1.29 is 57.1 Å². The molecule has 0 spiro atoms. The van der Waals surface area contributed by atoms with E-state index < -0.39 is 6.04 Å². The van der Waals surface area contributed by atoms with Crippen molar-refractivity contribution in [3.8, 4) is 0 Å². The highest BCUT2D eigenvalue weighted by Crippen LogP contribution is 2.18. The first-order valence-electron chi connectivity index (χ1n) is 19.0. The molecule has 52 heavy (non-hydrogen) atoms. The number of carbonyl (C=O) groups excluding carboxylic acids is 4. The summed E-state index contributed by atoms with van der Waals surface area (Å²) in [6.45, 7) is 2.05. The van der Waals surface area contributed by atoms with Crippen LogP contribution in [0.2, 0.25) is 0 Å². The first kappa shape index (κ1) is 44.4. The predicted octanol–water partition coefficient (Wildman–Crippen LogP) is 4.16. The summed E-state index contributed by atoms with van der Waals surface area (Å²) in [6.07, 6.45) is 22.6. The third kappa shape index (κ3) is 19.7. The van der Waals surface area contributed by atoms with E-state index in [2.05, 4.69) is 0 Å². The van der Waals surface area contributed by atoms with Gasteiger partial charge in [-0.2, -0.15) is 0 Å². The van der Waals surface area contributed by atoms with Crippen molar-refractivity contribution in [3.05, 3.63) is 37.4 Å². The number of methoxy groups -OCH3 is 1. The van der Waals surface area contributed by atoms with Gasteiger partial charge in [-0.25, -0.2) is 27.9 Å². The van der Waals surface area contributed by atoms with Crippen LogP contribution in [-0.4, -0.2) is 84.9 Å². The average molecular weight is 737 g/mol. The zero-order chi connectivity index (χ0) is 37.8. The molecular formula is C38H64N4O10+2. The summed E-state index contributed by atoms with van der Waals surface area (Å²) in [4.78, 5) is 49.6. The number of carbonyl (C=O) groups is 4. The Morgan fingerprint density at radius 3 is 1.37 bits per heavy atom. The van der Waals surface area contributed by atoms with Crippen LogP contribution < -0.4 is 9.13 Å². The molecule has 0 saturated heterocycles. The van der Waals surface area contributed by atoms with Crippen LogP contribution in [0.1, 0.15) is 121 Å². The molecule has 0 aliphatic rings. The number of imidazole rings is 2. The number of esters is 4. The molecule has 2 aromatic heterocycles. The van der Waals surface area contributed by atoms with Gasteiger partial charge in [0, 0.05) is 33.2 Å². The van der Waals surface area contributed by atoms with Crippen LogP contribution in [0.15, 0.2) is 37.4 Å². The van der Waals surface area contributed by atoms with Gasteiger partial charge in [-0.05, 0) is 96.3 Å². The maximum absolute atomic E-state index is 12.8. The maximum Gasteiger partial charge on any atom is 0.351 e. The minimum atomic E-state index is -0.420. The van der Waals surface area contributed by atoms with Crippen molar-refractivity contribution in [3.63, 3.8) is 0 Å². The standard InChI is InChI=1S/C38H64N4O10/c1-39-21-23-41(31-39)33(17-9-11-25-43)37(46)51-29-12-4-7-19-35(44)49-27-14-6-15-28-50-36(45)20-8-5-13-30-52-38(47)34(18-10-16-26-48-3)42-24-22-40(2)32-42/h21-24,31-34,43H,4-20,25-30H2,1-3H3/q+2. The van der Waals surface area contributed by atoms with Crippen molar-refractivity contribution in [2.75, 3.05) is 46.8 Å². The fourth-order valence-corrected chi connectivity index (χ4v) is 5.65. The molecule has 2 atom stereocenters. The molecule has 2 unspecified atom stereocenters. The zero-order valence-electron chi connectivity index (χ0n) is 31.8. The van der Waals surface area contributed by atoms with Gasteiger partial charge < -0.3 is 28.8 Å². The lowest BCUT2D eigenvalue weighted by Gasteiger charge is -2.13. The average Bonchev–Trinajstić information content (AvgIpc) is 3.76. The Morgan fingerprint density at radius 2 is 0.962 bits per heavy atom. The summed E-state index contributed by atoms with van der Waals surface area (Å²) in [5, 5.41) is 9.07. The topological polar surface area (TPSA) is 152 Å². The minimum Gasteiger partial charge on any atom is -0.466 e. The van der Waals surface area contributed by atoms with Gasteiger partial charge in [-0.1, -0.05) is 0 Å². The molecule has 0 fully saturated rings. The summed E-state index contributed by atoms with van der Waals surface area (Å²) >= 11 is 0. The first-order valence-corrected chi connectivity index (χ1v) is 19.0. The number of nitrogens with zero attached hydrogens (tertiary/aromatic N) is 4. The van der Waals surface area contributed by atoms with Gasteiger partial charge >= 0.3 is 23.9 Å². The van der Waals surface area contributed by atoms with Crippen molar-refractivity contribution in [1.29, 1.82) is 0 Å². The van der Waals surface area contributed by atoms with Crippen molar-refractivity contribution >= 4 is 23.9 Å². The van der Waals surface area contributed by atoms with E-state index in [4.69, 9.17) is 28.8 Å². The van der Waals surface area contributed by atoms with Gasteiger partial charge in [0.05, 0.1) is 40.5 Å². The summed E-state index contributed by atoms with van der Waals surface area (Å²) < 4.78 is 34.3. The Labute approximate surface area is 309 Å². The Morgan fingerprint density at radius 1 is 0.558 bits per heavy atom. The van der Waals surface area contributed by atoms with Crippen LogP contribution in [0.25, 0.3) is 0 Å². The third-order valence-corrected chi connectivity index (χ3v) is 8.66. The van der Waals surface area contributed by atoms with E-state index >= 15 is 0 Å². The molecule has 0 bridgehead atoms. The normalized spacial score (nSPS) is 12.3. The Bertz CT molecular complexity index is 1280. The Hall–Kier alpha value is -3.78. The number of unbranched alkanes of at least 4 members (excludes halogenated alkanes) is 8. The van der Waals surface area contributed by atoms with Crippen molar-refractivity contribution in [1.82, 2.24) is 9.13 Å².